The largest absolute Gasteiger partial charge is 0.342 e. The van der Waals surface area contributed by atoms with Crippen LogP contribution in [0.5, 0.6) is 0 Å². The fraction of sp³-hybridized carbons (Fsp3) is 0.846. The normalized spacial score (nSPS) is 23.9. The Kier molecular flexibility index (Phi) is 4.22. The summed E-state index contributed by atoms with van der Waals surface area (Å²) in [6, 6.07) is 0. The van der Waals surface area contributed by atoms with Gasteiger partial charge in [-0.25, -0.2) is 0 Å². The van der Waals surface area contributed by atoms with E-state index in [1.54, 1.807) is 0 Å². The number of carbonyl (C=O) groups excluding carboxylic acids is 1. The van der Waals surface area contributed by atoms with Crippen LogP contribution in [0, 0.1) is 12.3 Å². The van der Waals surface area contributed by atoms with Gasteiger partial charge in [0.2, 0.25) is 5.91 Å². The van der Waals surface area contributed by atoms with E-state index < -0.39 is 0 Å². The van der Waals surface area contributed by atoms with Crippen LogP contribution >= 0.6 is 0 Å². The molecule has 0 atom stereocenters. The Morgan fingerprint density at radius 1 is 1.19 bits per heavy atom. The van der Waals surface area contributed by atoms with Gasteiger partial charge in [0.15, 0.2) is 0 Å². The van der Waals surface area contributed by atoms with Crippen molar-refractivity contribution in [3.63, 3.8) is 0 Å². The molecule has 2 saturated heterocycles. The van der Waals surface area contributed by atoms with Crippen molar-refractivity contribution in [2.75, 3.05) is 33.2 Å². The molecule has 0 bridgehead atoms. The number of rotatable bonds is 3. The second-order valence-electron chi connectivity index (χ2n) is 5.22. The Morgan fingerprint density at radius 2 is 1.81 bits per heavy atom. The van der Waals surface area contributed by atoms with Crippen LogP contribution in [0.1, 0.15) is 32.1 Å². The maximum Gasteiger partial charge on any atom is 0.226 e. The van der Waals surface area contributed by atoms with Crippen molar-refractivity contribution in [2.24, 2.45) is 5.92 Å². The summed E-state index contributed by atoms with van der Waals surface area (Å²) in [5, 5.41) is 0. The van der Waals surface area contributed by atoms with Crippen molar-refractivity contribution in [1.82, 2.24) is 9.80 Å². The van der Waals surface area contributed by atoms with E-state index in [0.29, 0.717) is 0 Å². The molecule has 16 heavy (non-hydrogen) atoms. The molecule has 2 aliphatic rings. The molecule has 0 unspecified atom stereocenters. The standard InChI is InChI=1S/C13H23N2O/c1-14-10-6-12(7-11-14)4-5-13(16)15-8-2-3-9-15/h5,12H,2-4,6-11H2,1H3. The fourth-order valence-corrected chi connectivity index (χ4v) is 2.63. The van der Waals surface area contributed by atoms with Crippen LogP contribution in [0.2, 0.25) is 0 Å². The van der Waals surface area contributed by atoms with Crippen molar-refractivity contribution < 1.29 is 4.79 Å². The number of piperidine rings is 1. The van der Waals surface area contributed by atoms with Crippen LogP contribution in [0.15, 0.2) is 0 Å². The number of amides is 1. The van der Waals surface area contributed by atoms with Crippen LogP contribution in [-0.2, 0) is 4.79 Å². The van der Waals surface area contributed by atoms with Crippen LogP contribution in [0.3, 0.4) is 0 Å². The predicted molar refractivity (Wildman–Crippen MR) is 65.0 cm³/mol. The highest BCUT2D eigenvalue weighted by Crippen LogP contribution is 2.21. The topological polar surface area (TPSA) is 23.6 Å². The quantitative estimate of drug-likeness (QED) is 0.724. The van der Waals surface area contributed by atoms with Crippen LogP contribution in [0.4, 0.5) is 0 Å². The molecule has 0 spiro atoms. The molecule has 2 heterocycles. The second kappa shape index (κ2) is 5.67. The van der Waals surface area contributed by atoms with Gasteiger partial charge in [0.1, 0.15) is 0 Å². The van der Waals surface area contributed by atoms with Gasteiger partial charge in [-0.05, 0) is 58.2 Å². The zero-order chi connectivity index (χ0) is 11.4. The van der Waals surface area contributed by atoms with Crippen molar-refractivity contribution in [3.8, 4) is 0 Å². The molecule has 0 N–H and O–H groups in total. The minimum Gasteiger partial charge on any atom is -0.342 e. The van der Waals surface area contributed by atoms with Crippen molar-refractivity contribution in [1.29, 1.82) is 0 Å². The monoisotopic (exact) mass is 223 g/mol. The lowest BCUT2D eigenvalue weighted by Crippen LogP contribution is -2.32. The van der Waals surface area contributed by atoms with Crippen molar-refractivity contribution in [3.05, 3.63) is 6.42 Å². The number of likely N-dealkylation sites (tertiary alicyclic amines) is 2. The van der Waals surface area contributed by atoms with Gasteiger partial charge in [-0.1, -0.05) is 0 Å². The Labute approximate surface area is 98.8 Å². The molecule has 0 aromatic carbocycles. The zero-order valence-corrected chi connectivity index (χ0v) is 10.3. The molecule has 3 heteroatoms. The Morgan fingerprint density at radius 3 is 2.44 bits per heavy atom. The van der Waals surface area contributed by atoms with Crippen LogP contribution in [-0.4, -0.2) is 48.9 Å². The van der Waals surface area contributed by atoms with Gasteiger partial charge in [-0.3, -0.25) is 4.79 Å². The summed E-state index contributed by atoms with van der Waals surface area (Å²) in [7, 11) is 2.18. The third-order valence-electron chi connectivity index (χ3n) is 3.88. The van der Waals surface area contributed by atoms with Gasteiger partial charge < -0.3 is 9.80 Å². The van der Waals surface area contributed by atoms with Gasteiger partial charge in [0.05, 0.1) is 0 Å². The first-order valence-corrected chi connectivity index (χ1v) is 6.56. The summed E-state index contributed by atoms with van der Waals surface area (Å²) >= 11 is 0. The van der Waals surface area contributed by atoms with E-state index in [0.717, 1.165) is 25.4 Å². The first-order valence-electron chi connectivity index (χ1n) is 6.56. The minimum atomic E-state index is 0.274. The molecule has 2 rings (SSSR count). The van der Waals surface area contributed by atoms with E-state index in [9.17, 15) is 4.79 Å². The SMILES string of the molecule is CN1CCC(C[CH]C(=O)N2CCCC2)CC1. The van der Waals surface area contributed by atoms with Crippen molar-refractivity contribution >= 4 is 5.91 Å². The highest BCUT2D eigenvalue weighted by Gasteiger charge is 2.21. The van der Waals surface area contributed by atoms with Gasteiger partial charge in [0, 0.05) is 19.5 Å². The van der Waals surface area contributed by atoms with E-state index >= 15 is 0 Å². The molecule has 0 saturated carbocycles. The maximum atomic E-state index is 11.8. The zero-order valence-electron chi connectivity index (χ0n) is 10.3. The average Bonchev–Trinajstić information content (AvgIpc) is 2.81. The molecule has 1 radical (unpaired) electrons. The van der Waals surface area contributed by atoms with Gasteiger partial charge >= 0.3 is 0 Å². The second-order valence-corrected chi connectivity index (χ2v) is 5.22. The minimum absolute atomic E-state index is 0.274. The average molecular weight is 223 g/mol. The fourth-order valence-electron chi connectivity index (χ4n) is 2.63. The summed E-state index contributed by atoms with van der Waals surface area (Å²) in [5.74, 6) is 1.01. The maximum absolute atomic E-state index is 11.8. The van der Waals surface area contributed by atoms with Gasteiger partial charge in [-0.15, -0.1) is 0 Å². The van der Waals surface area contributed by atoms with Crippen LogP contribution < -0.4 is 0 Å². The van der Waals surface area contributed by atoms with Gasteiger partial charge in [-0.2, -0.15) is 0 Å². The Balaban J connectivity index is 1.65. The lowest BCUT2D eigenvalue weighted by atomic mass is 9.92. The van der Waals surface area contributed by atoms with E-state index in [1.807, 2.05) is 11.3 Å². The first kappa shape index (κ1) is 11.9. The molecule has 0 aromatic heterocycles. The summed E-state index contributed by atoms with van der Waals surface area (Å²) in [4.78, 5) is 16.2. The summed E-state index contributed by atoms with van der Waals surface area (Å²) < 4.78 is 0. The lowest BCUT2D eigenvalue weighted by Gasteiger charge is -2.29. The highest BCUT2D eigenvalue weighted by atomic mass is 16.2. The Bertz CT molecular complexity index is 228. The first-order chi connectivity index (χ1) is 7.75. The number of hydrogen-bond donors (Lipinski definition) is 0. The lowest BCUT2D eigenvalue weighted by molar-refractivity contribution is -0.126. The number of nitrogens with zero attached hydrogens (tertiary/aromatic N) is 2. The Hall–Kier alpha value is -0.570. The predicted octanol–water partition coefficient (Wildman–Crippen LogP) is 1.54. The molecule has 1 amide bonds. The smallest absolute Gasteiger partial charge is 0.226 e. The molecule has 91 valence electrons. The van der Waals surface area contributed by atoms with Crippen LogP contribution in [0.25, 0.3) is 0 Å². The number of hydrogen-bond acceptors (Lipinski definition) is 2. The molecule has 0 aliphatic carbocycles. The molecular weight excluding hydrogens is 200 g/mol. The van der Waals surface area contributed by atoms with E-state index in [4.69, 9.17) is 0 Å². The molecule has 3 nitrogen and oxygen atoms in total. The van der Waals surface area contributed by atoms with Gasteiger partial charge in [0.25, 0.3) is 0 Å². The highest BCUT2D eigenvalue weighted by molar-refractivity contribution is 5.84. The van der Waals surface area contributed by atoms with Crippen molar-refractivity contribution in [2.45, 2.75) is 32.1 Å². The third-order valence-corrected chi connectivity index (χ3v) is 3.88. The molecular formula is C13H23N2O. The summed E-state index contributed by atoms with van der Waals surface area (Å²) in [6.07, 6.45) is 7.80. The molecule has 0 aromatic rings. The summed E-state index contributed by atoms with van der Waals surface area (Å²) in [5.41, 5.74) is 0. The van der Waals surface area contributed by atoms with E-state index in [1.165, 1.54) is 38.8 Å². The summed E-state index contributed by atoms with van der Waals surface area (Å²) in [6.45, 7) is 4.33. The molecule has 2 fully saturated rings. The van der Waals surface area contributed by atoms with E-state index in [2.05, 4.69) is 11.9 Å². The third kappa shape index (κ3) is 3.21. The molecule has 2 aliphatic heterocycles. The number of carbonyl (C=O) groups is 1. The van der Waals surface area contributed by atoms with E-state index in [-0.39, 0.29) is 5.91 Å².